The molecule has 0 unspecified atom stereocenters. The van der Waals surface area contributed by atoms with Crippen LogP contribution in [0.15, 0.2) is 42.5 Å². The average Bonchev–Trinajstić information content (AvgIpc) is 2.45. The number of nitrogens with zero attached hydrogens (tertiary/aromatic N) is 1. The van der Waals surface area contributed by atoms with Crippen LogP contribution in [0.3, 0.4) is 0 Å². The molecular formula is C15H13NO4. The molecule has 2 aromatic carbocycles. The topological polar surface area (TPSA) is 72.6 Å². The van der Waals surface area contributed by atoms with Crippen LogP contribution >= 0.6 is 0 Å². The minimum atomic E-state index is -0.436. The molecule has 0 spiro atoms. The molecular weight excluding hydrogens is 258 g/mol. The fraction of sp³-hybridized carbons (Fsp3) is 0.0667. The maximum absolute atomic E-state index is 10.5. The maximum atomic E-state index is 10.5. The van der Waals surface area contributed by atoms with Crippen molar-refractivity contribution in [3.8, 4) is 11.5 Å². The number of benzene rings is 2. The Hall–Kier alpha value is -2.82. The van der Waals surface area contributed by atoms with Crippen molar-refractivity contribution in [1.29, 1.82) is 0 Å². The number of hydrogen-bond donors (Lipinski definition) is 1. The number of rotatable bonds is 4. The van der Waals surface area contributed by atoms with Gasteiger partial charge in [-0.25, -0.2) is 0 Å². The van der Waals surface area contributed by atoms with E-state index in [0.29, 0.717) is 5.75 Å². The molecule has 0 bridgehead atoms. The third-order valence-electron chi connectivity index (χ3n) is 2.78. The zero-order valence-electron chi connectivity index (χ0n) is 10.8. The average molecular weight is 271 g/mol. The normalized spacial score (nSPS) is 10.7. The lowest BCUT2D eigenvalue weighted by Gasteiger charge is -2.03. The number of non-ortho nitro benzene ring substituents is 1. The molecule has 5 nitrogen and oxygen atoms in total. The lowest BCUT2D eigenvalue weighted by atomic mass is 10.1. The standard InChI is InChI=1S/C15H13NO4/c1-20-15-9-6-12(10-14(15)17)3-2-11-4-7-13(8-5-11)16(18)19/h2-10,17H,1H3/b3-2+. The monoisotopic (exact) mass is 271 g/mol. The number of aromatic hydroxyl groups is 1. The van der Waals surface area contributed by atoms with E-state index in [9.17, 15) is 15.2 Å². The first-order chi connectivity index (χ1) is 9.60. The zero-order chi connectivity index (χ0) is 14.5. The van der Waals surface area contributed by atoms with Crippen LogP contribution in [-0.2, 0) is 0 Å². The molecule has 5 heteroatoms. The predicted molar refractivity (Wildman–Crippen MR) is 76.7 cm³/mol. The van der Waals surface area contributed by atoms with Gasteiger partial charge in [0.2, 0.25) is 0 Å². The summed E-state index contributed by atoms with van der Waals surface area (Å²) in [5.41, 5.74) is 1.71. The van der Waals surface area contributed by atoms with E-state index in [1.54, 1.807) is 36.4 Å². The molecule has 0 aromatic heterocycles. The van der Waals surface area contributed by atoms with Gasteiger partial charge in [0.1, 0.15) is 0 Å². The summed E-state index contributed by atoms with van der Waals surface area (Å²) < 4.78 is 4.96. The Morgan fingerprint density at radius 2 is 1.70 bits per heavy atom. The van der Waals surface area contributed by atoms with E-state index in [1.807, 2.05) is 6.08 Å². The second kappa shape index (κ2) is 5.88. The van der Waals surface area contributed by atoms with Crippen LogP contribution in [0.1, 0.15) is 11.1 Å². The number of nitro groups is 1. The Balaban J connectivity index is 2.16. The van der Waals surface area contributed by atoms with Crippen molar-refractivity contribution in [2.24, 2.45) is 0 Å². The highest BCUT2D eigenvalue weighted by atomic mass is 16.6. The lowest BCUT2D eigenvalue weighted by molar-refractivity contribution is -0.384. The number of hydrogen-bond acceptors (Lipinski definition) is 4. The highest BCUT2D eigenvalue weighted by molar-refractivity contribution is 5.71. The third kappa shape index (κ3) is 3.14. The van der Waals surface area contributed by atoms with Gasteiger partial charge in [-0.2, -0.15) is 0 Å². The Bertz CT molecular complexity index is 647. The van der Waals surface area contributed by atoms with Crippen LogP contribution in [0.2, 0.25) is 0 Å². The van der Waals surface area contributed by atoms with E-state index < -0.39 is 4.92 Å². The van der Waals surface area contributed by atoms with Gasteiger partial charge in [0, 0.05) is 12.1 Å². The molecule has 102 valence electrons. The van der Waals surface area contributed by atoms with E-state index in [2.05, 4.69) is 0 Å². The molecule has 0 saturated carbocycles. The van der Waals surface area contributed by atoms with E-state index in [1.165, 1.54) is 19.2 Å². The summed E-state index contributed by atoms with van der Waals surface area (Å²) in [4.78, 5) is 10.1. The maximum Gasteiger partial charge on any atom is 0.269 e. The van der Waals surface area contributed by atoms with Crippen molar-refractivity contribution in [3.05, 3.63) is 63.7 Å². The fourth-order valence-corrected chi connectivity index (χ4v) is 1.71. The minimum Gasteiger partial charge on any atom is -0.504 e. The van der Waals surface area contributed by atoms with Crippen LogP contribution in [0.5, 0.6) is 11.5 Å². The van der Waals surface area contributed by atoms with E-state index >= 15 is 0 Å². The SMILES string of the molecule is COc1ccc(/C=C/c2ccc([N+](=O)[O-])cc2)cc1O. The van der Waals surface area contributed by atoms with Crippen LogP contribution in [0.4, 0.5) is 5.69 Å². The van der Waals surface area contributed by atoms with Gasteiger partial charge in [-0.05, 0) is 35.4 Å². The number of nitro benzene ring substituents is 1. The second-order valence-corrected chi connectivity index (χ2v) is 4.11. The molecule has 0 aliphatic heterocycles. The molecule has 2 rings (SSSR count). The lowest BCUT2D eigenvalue weighted by Crippen LogP contribution is -1.86. The molecule has 2 aromatic rings. The van der Waals surface area contributed by atoms with Crippen molar-refractivity contribution < 1.29 is 14.8 Å². The minimum absolute atomic E-state index is 0.0595. The van der Waals surface area contributed by atoms with E-state index in [4.69, 9.17) is 4.74 Å². The predicted octanol–water partition coefficient (Wildman–Crippen LogP) is 3.48. The largest absolute Gasteiger partial charge is 0.504 e. The zero-order valence-corrected chi connectivity index (χ0v) is 10.8. The molecule has 0 fully saturated rings. The van der Waals surface area contributed by atoms with Crippen LogP contribution in [-0.4, -0.2) is 17.1 Å². The number of ether oxygens (including phenoxy) is 1. The molecule has 0 saturated heterocycles. The van der Waals surface area contributed by atoms with Gasteiger partial charge in [-0.15, -0.1) is 0 Å². The van der Waals surface area contributed by atoms with Gasteiger partial charge in [-0.3, -0.25) is 10.1 Å². The fourth-order valence-electron chi connectivity index (χ4n) is 1.71. The van der Waals surface area contributed by atoms with Gasteiger partial charge >= 0.3 is 0 Å². The summed E-state index contributed by atoms with van der Waals surface area (Å²) in [5, 5.41) is 20.2. The molecule has 0 amide bonds. The number of phenols is 1. The Morgan fingerprint density at radius 1 is 1.10 bits per heavy atom. The Kier molecular flexibility index (Phi) is 4.00. The molecule has 0 aliphatic carbocycles. The first kappa shape index (κ1) is 13.6. The van der Waals surface area contributed by atoms with Crippen LogP contribution in [0.25, 0.3) is 12.2 Å². The van der Waals surface area contributed by atoms with Gasteiger partial charge < -0.3 is 9.84 Å². The van der Waals surface area contributed by atoms with Gasteiger partial charge in [0.15, 0.2) is 11.5 Å². The Morgan fingerprint density at radius 3 is 2.25 bits per heavy atom. The summed E-state index contributed by atoms with van der Waals surface area (Å²) in [6.45, 7) is 0. The number of phenolic OH excluding ortho intramolecular Hbond substituents is 1. The van der Waals surface area contributed by atoms with E-state index in [-0.39, 0.29) is 11.4 Å². The summed E-state index contributed by atoms with van der Waals surface area (Å²) in [5.74, 6) is 0.482. The molecule has 20 heavy (non-hydrogen) atoms. The summed E-state index contributed by atoms with van der Waals surface area (Å²) in [6, 6.07) is 11.3. The van der Waals surface area contributed by atoms with Crippen molar-refractivity contribution in [2.45, 2.75) is 0 Å². The quantitative estimate of drug-likeness (QED) is 0.525. The molecule has 0 heterocycles. The smallest absolute Gasteiger partial charge is 0.269 e. The van der Waals surface area contributed by atoms with Crippen LogP contribution < -0.4 is 4.74 Å². The number of methoxy groups -OCH3 is 1. The van der Waals surface area contributed by atoms with Crippen LogP contribution in [0, 0.1) is 10.1 Å². The highest BCUT2D eigenvalue weighted by Crippen LogP contribution is 2.27. The summed E-state index contributed by atoms with van der Waals surface area (Å²) in [6.07, 6.45) is 3.62. The molecule has 0 atom stereocenters. The molecule has 0 radical (unpaired) electrons. The van der Waals surface area contributed by atoms with Crippen molar-refractivity contribution in [3.63, 3.8) is 0 Å². The Labute approximate surface area is 115 Å². The summed E-state index contributed by atoms with van der Waals surface area (Å²) in [7, 11) is 1.49. The molecule has 1 N–H and O–H groups in total. The van der Waals surface area contributed by atoms with E-state index in [0.717, 1.165) is 11.1 Å². The van der Waals surface area contributed by atoms with Gasteiger partial charge in [-0.1, -0.05) is 18.2 Å². The van der Waals surface area contributed by atoms with Crippen molar-refractivity contribution in [1.82, 2.24) is 0 Å². The first-order valence-corrected chi connectivity index (χ1v) is 5.89. The van der Waals surface area contributed by atoms with Gasteiger partial charge in [0.05, 0.1) is 12.0 Å². The second-order valence-electron chi connectivity index (χ2n) is 4.11. The summed E-state index contributed by atoms with van der Waals surface area (Å²) >= 11 is 0. The first-order valence-electron chi connectivity index (χ1n) is 5.89. The third-order valence-corrected chi connectivity index (χ3v) is 2.78. The van der Waals surface area contributed by atoms with Gasteiger partial charge in [0.25, 0.3) is 5.69 Å². The van der Waals surface area contributed by atoms with Crippen molar-refractivity contribution in [2.75, 3.05) is 7.11 Å². The highest BCUT2D eigenvalue weighted by Gasteiger charge is 2.03. The van der Waals surface area contributed by atoms with Crippen molar-refractivity contribution >= 4 is 17.8 Å². The molecule has 0 aliphatic rings.